The van der Waals surface area contributed by atoms with Crippen LogP contribution in [0, 0.1) is 17.2 Å². The van der Waals surface area contributed by atoms with E-state index in [0.717, 1.165) is 0 Å². The van der Waals surface area contributed by atoms with Crippen LogP contribution in [0.2, 0.25) is 0 Å². The molecular formula is C18H20N4O3. The zero-order chi connectivity index (χ0) is 18.0. The largest absolute Gasteiger partial charge is 0.441 e. The molecule has 1 aromatic heterocycles. The van der Waals surface area contributed by atoms with E-state index in [0.29, 0.717) is 36.0 Å². The number of anilines is 1. The van der Waals surface area contributed by atoms with Gasteiger partial charge in [-0.25, -0.2) is 4.79 Å². The minimum absolute atomic E-state index is 0.242. The van der Waals surface area contributed by atoms with Crippen LogP contribution >= 0.6 is 0 Å². The lowest BCUT2D eigenvalue weighted by Crippen LogP contribution is -2.46. The Labute approximate surface area is 145 Å². The second kappa shape index (κ2) is 6.55. The van der Waals surface area contributed by atoms with E-state index < -0.39 is 17.3 Å². The van der Waals surface area contributed by atoms with Crippen molar-refractivity contribution >= 4 is 22.7 Å². The maximum atomic E-state index is 12.7. The van der Waals surface area contributed by atoms with Gasteiger partial charge < -0.3 is 15.1 Å². The van der Waals surface area contributed by atoms with Crippen LogP contribution in [0.25, 0.3) is 11.0 Å². The topological polar surface area (TPSA) is 108 Å². The van der Waals surface area contributed by atoms with Crippen molar-refractivity contribution in [2.45, 2.75) is 44.7 Å². The molecule has 0 unspecified atom stereocenters. The highest BCUT2D eigenvalue weighted by molar-refractivity contribution is 5.91. The smallest absolute Gasteiger partial charge is 0.408 e. The van der Waals surface area contributed by atoms with Crippen LogP contribution in [-0.2, 0) is 4.79 Å². The molecule has 130 valence electrons. The quantitative estimate of drug-likeness (QED) is 0.834. The Kier molecular flexibility index (Phi) is 4.45. The van der Waals surface area contributed by atoms with E-state index in [1.54, 1.807) is 18.2 Å². The van der Waals surface area contributed by atoms with E-state index in [2.05, 4.69) is 21.7 Å². The standard InChI is InChI=1S/C18H20N4O3/c1-11(2)9-13(16(23)22-18(10-19)7-8-18)20-15-12-5-3-4-6-14(12)25-17(24)21-15/h3-6,11,13H,7-9H2,1-2H3,(H,22,23)(H,20,21,24)/t13-/m0/s1. The Morgan fingerprint density at radius 2 is 2.12 bits per heavy atom. The van der Waals surface area contributed by atoms with Gasteiger partial charge in [-0.1, -0.05) is 26.0 Å². The molecule has 2 N–H and O–H groups in total. The highest BCUT2D eigenvalue weighted by Crippen LogP contribution is 2.34. The van der Waals surface area contributed by atoms with Crippen molar-refractivity contribution < 1.29 is 9.21 Å². The molecule has 1 aromatic carbocycles. The van der Waals surface area contributed by atoms with Crippen LogP contribution in [0.5, 0.6) is 0 Å². The van der Waals surface area contributed by atoms with Gasteiger partial charge in [-0.3, -0.25) is 4.79 Å². The molecule has 1 saturated carbocycles. The number of fused-ring (bicyclic) bond motifs is 1. The van der Waals surface area contributed by atoms with Gasteiger partial charge in [-0.05, 0) is 37.3 Å². The molecule has 1 aliphatic carbocycles. The van der Waals surface area contributed by atoms with Crippen molar-refractivity contribution in [1.29, 1.82) is 5.26 Å². The average molecular weight is 340 g/mol. The Hall–Kier alpha value is -2.88. The zero-order valence-electron chi connectivity index (χ0n) is 14.2. The molecule has 0 saturated heterocycles. The molecule has 0 spiro atoms. The monoisotopic (exact) mass is 340 g/mol. The van der Waals surface area contributed by atoms with Crippen LogP contribution in [-0.4, -0.2) is 22.5 Å². The molecule has 7 nitrogen and oxygen atoms in total. The summed E-state index contributed by atoms with van der Waals surface area (Å²) in [5, 5.41) is 15.7. The maximum Gasteiger partial charge on any atom is 0.441 e. The van der Waals surface area contributed by atoms with Gasteiger partial charge in [0.05, 0.1) is 11.5 Å². The number of benzene rings is 1. The maximum absolute atomic E-state index is 12.7. The van der Waals surface area contributed by atoms with Crippen molar-refractivity contribution in [1.82, 2.24) is 10.3 Å². The number of hydrogen-bond acceptors (Lipinski definition) is 6. The number of amides is 1. The van der Waals surface area contributed by atoms with E-state index in [-0.39, 0.29) is 11.8 Å². The fraction of sp³-hybridized carbons (Fsp3) is 0.444. The lowest BCUT2D eigenvalue weighted by atomic mass is 10.0. The average Bonchev–Trinajstić information content (AvgIpc) is 3.33. The predicted molar refractivity (Wildman–Crippen MR) is 92.9 cm³/mol. The molecule has 1 fully saturated rings. The summed E-state index contributed by atoms with van der Waals surface area (Å²) < 4.78 is 5.08. The van der Waals surface area contributed by atoms with Crippen LogP contribution < -0.4 is 16.4 Å². The summed E-state index contributed by atoms with van der Waals surface area (Å²) in [5.41, 5.74) is -0.330. The highest BCUT2D eigenvalue weighted by Gasteiger charge is 2.45. The zero-order valence-corrected chi connectivity index (χ0v) is 14.2. The third-order valence-electron chi connectivity index (χ3n) is 4.20. The van der Waals surface area contributed by atoms with Gasteiger partial charge in [0.2, 0.25) is 5.91 Å². The molecule has 25 heavy (non-hydrogen) atoms. The van der Waals surface area contributed by atoms with Gasteiger partial charge >= 0.3 is 5.76 Å². The third-order valence-corrected chi connectivity index (χ3v) is 4.20. The number of nitrogens with one attached hydrogen (secondary N) is 2. The lowest BCUT2D eigenvalue weighted by molar-refractivity contribution is -0.122. The molecule has 1 heterocycles. The van der Waals surface area contributed by atoms with Crippen molar-refractivity contribution in [3.05, 3.63) is 34.8 Å². The molecule has 1 amide bonds. The Morgan fingerprint density at radius 3 is 2.76 bits per heavy atom. The molecule has 3 rings (SSSR count). The van der Waals surface area contributed by atoms with E-state index in [1.807, 2.05) is 19.9 Å². The normalized spacial score (nSPS) is 16.2. The van der Waals surface area contributed by atoms with Crippen LogP contribution in [0.4, 0.5) is 5.82 Å². The van der Waals surface area contributed by atoms with Gasteiger partial charge in [-0.15, -0.1) is 0 Å². The highest BCUT2D eigenvalue weighted by atomic mass is 16.4. The van der Waals surface area contributed by atoms with Crippen molar-refractivity contribution in [2.24, 2.45) is 5.92 Å². The first-order valence-electron chi connectivity index (χ1n) is 8.32. The number of hydrogen-bond donors (Lipinski definition) is 2. The van der Waals surface area contributed by atoms with E-state index in [1.165, 1.54) is 0 Å². The lowest BCUT2D eigenvalue weighted by Gasteiger charge is -2.22. The molecular weight excluding hydrogens is 320 g/mol. The Bertz CT molecular complexity index is 893. The fourth-order valence-corrected chi connectivity index (χ4v) is 2.71. The summed E-state index contributed by atoms with van der Waals surface area (Å²) in [6.45, 7) is 4.01. The van der Waals surface area contributed by atoms with Crippen molar-refractivity contribution in [2.75, 3.05) is 5.32 Å². The molecule has 0 bridgehead atoms. The first-order valence-corrected chi connectivity index (χ1v) is 8.32. The summed E-state index contributed by atoms with van der Waals surface area (Å²) in [7, 11) is 0. The van der Waals surface area contributed by atoms with E-state index in [4.69, 9.17) is 4.42 Å². The number of nitriles is 1. The molecule has 2 aromatic rings. The Morgan fingerprint density at radius 1 is 1.40 bits per heavy atom. The van der Waals surface area contributed by atoms with Crippen molar-refractivity contribution in [3.63, 3.8) is 0 Å². The first kappa shape index (κ1) is 17.0. The first-order chi connectivity index (χ1) is 11.9. The van der Waals surface area contributed by atoms with Gasteiger partial charge in [0, 0.05) is 0 Å². The number of carbonyl (C=O) groups is 1. The molecule has 1 aliphatic rings. The fourth-order valence-electron chi connectivity index (χ4n) is 2.71. The van der Waals surface area contributed by atoms with Gasteiger partial charge in [-0.2, -0.15) is 10.2 Å². The minimum atomic E-state index is -0.737. The summed E-state index contributed by atoms with van der Waals surface area (Å²) >= 11 is 0. The van der Waals surface area contributed by atoms with Gasteiger partial charge in [0.25, 0.3) is 0 Å². The number of rotatable bonds is 6. The summed E-state index contributed by atoms with van der Waals surface area (Å²) in [6, 6.07) is 8.58. The molecule has 7 heteroatoms. The SMILES string of the molecule is CC(C)C[C@H](Nc1nc(=O)oc2ccccc12)C(=O)NC1(C#N)CC1. The van der Waals surface area contributed by atoms with Gasteiger partial charge in [0.1, 0.15) is 23.0 Å². The number of para-hydroxylation sites is 1. The third kappa shape index (κ3) is 3.79. The van der Waals surface area contributed by atoms with Crippen molar-refractivity contribution in [3.8, 4) is 6.07 Å². The second-order valence-electron chi connectivity index (χ2n) is 6.83. The molecule has 0 radical (unpaired) electrons. The number of nitrogens with zero attached hydrogens (tertiary/aromatic N) is 2. The van der Waals surface area contributed by atoms with Crippen LogP contribution in [0.15, 0.2) is 33.5 Å². The summed E-state index contributed by atoms with van der Waals surface area (Å²) in [5.74, 6) is -0.422. The van der Waals surface area contributed by atoms with E-state index in [9.17, 15) is 14.9 Å². The second-order valence-corrected chi connectivity index (χ2v) is 6.83. The molecule has 1 atom stereocenters. The van der Waals surface area contributed by atoms with Crippen LogP contribution in [0.3, 0.4) is 0 Å². The summed E-state index contributed by atoms with van der Waals surface area (Å²) in [6.07, 6.45) is 1.88. The molecule has 0 aliphatic heterocycles. The predicted octanol–water partition coefficient (Wildman–Crippen LogP) is 2.19. The Balaban J connectivity index is 1.89. The van der Waals surface area contributed by atoms with Gasteiger partial charge in [0.15, 0.2) is 0 Å². The van der Waals surface area contributed by atoms with E-state index >= 15 is 0 Å². The number of carbonyl (C=O) groups excluding carboxylic acids is 1. The summed E-state index contributed by atoms with van der Waals surface area (Å²) in [4.78, 5) is 28.3. The minimum Gasteiger partial charge on any atom is -0.408 e. The van der Waals surface area contributed by atoms with Crippen LogP contribution in [0.1, 0.15) is 33.1 Å². The number of aromatic nitrogens is 1.